The number of carboxylic acids is 1. The number of hydrogen-bond donors (Lipinski definition) is 3. The summed E-state index contributed by atoms with van der Waals surface area (Å²) in [5.41, 5.74) is 8.58. The van der Waals surface area contributed by atoms with Gasteiger partial charge in [-0.1, -0.05) is 17.7 Å². The number of carbonyl (C=O) groups excluding carboxylic acids is 1. The molecule has 0 aliphatic heterocycles. The fourth-order valence-corrected chi connectivity index (χ4v) is 5.53. The van der Waals surface area contributed by atoms with Gasteiger partial charge in [0, 0.05) is 85.9 Å². The third kappa shape index (κ3) is 6.31. The molecule has 0 spiro atoms. The van der Waals surface area contributed by atoms with Gasteiger partial charge in [0.25, 0.3) is 0 Å². The lowest BCUT2D eigenvalue weighted by Gasteiger charge is -2.21. The molecule has 0 saturated heterocycles. The first kappa shape index (κ1) is 29.9. The molecule has 1 amide bonds. The van der Waals surface area contributed by atoms with Crippen LogP contribution in [0.2, 0.25) is 5.02 Å². The molecule has 0 bridgehead atoms. The highest BCUT2D eigenvalue weighted by Gasteiger charge is 2.22. The van der Waals surface area contributed by atoms with Crippen LogP contribution < -0.4 is 10.6 Å². The number of amides is 1. The fraction of sp³-hybridized carbons (Fsp3) is 0.323. The summed E-state index contributed by atoms with van der Waals surface area (Å²) in [6.45, 7) is 5.49. The van der Waals surface area contributed by atoms with Gasteiger partial charge in [0.15, 0.2) is 0 Å². The summed E-state index contributed by atoms with van der Waals surface area (Å²) >= 11 is 6.90. The SMILES string of the molecule is COCCC/C(=C\c1cn(C)c2ccc(C(=O)O)cc12)c1ccc(Cl)c(-c2c(C)nn(C)c2C)c1NCCNC=O. The van der Waals surface area contributed by atoms with E-state index in [0.29, 0.717) is 37.5 Å². The zero-order chi connectivity index (χ0) is 29.7. The van der Waals surface area contributed by atoms with Crippen molar-refractivity contribution >= 4 is 52.2 Å². The standard InChI is InChI=1S/C31H36ClN5O4/c1-19-28(20(2)37(4)35-19)29-26(32)10-9-24(30(29)34-13-12-33-18-38)21(7-6-14-41-5)15-23-17-36(3)27-11-8-22(31(39)40)16-25(23)27/h8-11,15-18,34H,6-7,12-14H2,1-5H3,(H,33,38)(H,39,40)/b21-15+. The molecule has 2 heterocycles. The molecule has 41 heavy (non-hydrogen) atoms. The molecule has 9 nitrogen and oxygen atoms in total. The van der Waals surface area contributed by atoms with Crippen LogP contribution in [0.1, 0.15) is 45.7 Å². The Morgan fingerprint density at radius 1 is 1.15 bits per heavy atom. The number of aromatic nitrogens is 3. The first-order valence-corrected chi connectivity index (χ1v) is 13.8. The first-order valence-electron chi connectivity index (χ1n) is 13.4. The Hall–Kier alpha value is -4.08. The lowest BCUT2D eigenvalue weighted by Crippen LogP contribution is -2.21. The maximum absolute atomic E-state index is 11.7. The van der Waals surface area contributed by atoms with Crippen LogP contribution in [-0.2, 0) is 23.6 Å². The number of halogens is 1. The second-order valence-corrected chi connectivity index (χ2v) is 10.4. The lowest BCUT2D eigenvalue weighted by atomic mass is 9.91. The molecule has 0 fully saturated rings. The summed E-state index contributed by atoms with van der Waals surface area (Å²) in [6, 6.07) is 9.09. The van der Waals surface area contributed by atoms with Crippen molar-refractivity contribution in [3.8, 4) is 11.1 Å². The van der Waals surface area contributed by atoms with Gasteiger partial charge < -0.3 is 25.0 Å². The second-order valence-electron chi connectivity index (χ2n) is 10.0. The van der Waals surface area contributed by atoms with Crippen molar-refractivity contribution in [2.45, 2.75) is 26.7 Å². The predicted octanol–water partition coefficient (Wildman–Crippen LogP) is 5.67. The van der Waals surface area contributed by atoms with Crippen LogP contribution in [0.5, 0.6) is 0 Å². The Bertz CT molecular complexity index is 1620. The molecule has 2 aromatic heterocycles. The smallest absolute Gasteiger partial charge is 0.335 e. The van der Waals surface area contributed by atoms with Crippen molar-refractivity contribution in [3.63, 3.8) is 0 Å². The second kappa shape index (κ2) is 13.1. The highest BCUT2D eigenvalue weighted by atomic mass is 35.5. The molecule has 0 aliphatic carbocycles. The number of ether oxygens (including phenoxy) is 1. The highest BCUT2D eigenvalue weighted by Crippen LogP contribution is 2.44. The number of hydrogen-bond acceptors (Lipinski definition) is 5. The Morgan fingerprint density at radius 3 is 2.59 bits per heavy atom. The van der Waals surface area contributed by atoms with Gasteiger partial charge in [-0.15, -0.1) is 0 Å². The van der Waals surface area contributed by atoms with Crippen LogP contribution in [0.25, 0.3) is 33.7 Å². The highest BCUT2D eigenvalue weighted by molar-refractivity contribution is 6.34. The largest absolute Gasteiger partial charge is 0.478 e. The third-order valence-electron chi connectivity index (χ3n) is 7.31. The molecule has 0 unspecified atom stereocenters. The van der Waals surface area contributed by atoms with E-state index in [-0.39, 0.29) is 5.56 Å². The average Bonchev–Trinajstić information content (AvgIpc) is 3.39. The van der Waals surface area contributed by atoms with E-state index < -0.39 is 5.97 Å². The Kier molecular flexibility index (Phi) is 9.52. The van der Waals surface area contributed by atoms with Gasteiger partial charge in [-0.25, -0.2) is 4.79 Å². The van der Waals surface area contributed by atoms with Gasteiger partial charge in [0.2, 0.25) is 6.41 Å². The van der Waals surface area contributed by atoms with Gasteiger partial charge in [-0.05, 0) is 62.6 Å². The molecular weight excluding hydrogens is 542 g/mol. The first-order chi connectivity index (χ1) is 19.7. The number of nitrogens with zero attached hydrogens (tertiary/aromatic N) is 3. The van der Waals surface area contributed by atoms with E-state index in [2.05, 4.69) is 21.8 Å². The van der Waals surface area contributed by atoms with Crippen molar-refractivity contribution in [1.82, 2.24) is 19.7 Å². The van der Waals surface area contributed by atoms with E-state index >= 15 is 0 Å². The minimum atomic E-state index is -0.967. The molecular formula is C31H36ClN5O4. The number of carboxylic acid groups (broad SMARTS) is 1. The quantitative estimate of drug-likeness (QED) is 0.139. The minimum Gasteiger partial charge on any atom is -0.478 e. The molecule has 0 radical (unpaired) electrons. The molecule has 0 aliphatic rings. The summed E-state index contributed by atoms with van der Waals surface area (Å²) in [5.74, 6) is -0.967. The predicted molar refractivity (Wildman–Crippen MR) is 165 cm³/mol. The van der Waals surface area contributed by atoms with E-state index in [4.69, 9.17) is 16.3 Å². The Balaban J connectivity index is 1.97. The van der Waals surface area contributed by atoms with Crippen molar-refractivity contribution in [2.75, 3.05) is 32.1 Å². The van der Waals surface area contributed by atoms with Crippen molar-refractivity contribution < 1.29 is 19.4 Å². The molecule has 3 N–H and O–H groups in total. The maximum Gasteiger partial charge on any atom is 0.335 e. The van der Waals surface area contributed by atoms with Crippen molar-refractivity contribution in [2.24, 2.45) is 14.1 Å². The van der Waals surface area contributed by atoms with E-state index in [0.717, 1.165) is 62.2 Å². The molecule has 216 valence electrons. The topological polar surface area (TPSA) is 110 Å². The number of methoxy groups -OCH3 is 1. The lowest BCUT2D eigenvalue weighted by molar-refractivity contribution is -0.109. The van der Waals surface area contributed by atoms with Crippen LogP contribution in [0.15, 0.2) is 36.5 Å². The normalized spacial score (nSPS) is 11.7. The zero-order valence-corrected chi connectivity index (χ0v) is 24.8. The molecule has 4 rings (SSSR count). The molecule has 10 heteroatoms. The van der Waals surface area contributed by atoms with Gasteiger partial charge in [0.1, 0.15) is 0 Å². The Labute approximate surface area is 244 Å². The van der Waals surface area contributed by atoms with Gasteiger partial charge >= 0.3 is 5.97 Å². The summed E-state index contributed by atoms with van der Waals surface area (Å²) < 4.78 is 9.22. The Morgan fingerprint density at radius 2 is 1.93 bits per heavy atom. The number of allylic oxidation sites excluding steroid dienone is 1. The van der Waals surface area contributed by atoms with Gasteiger partial charge in [-0.2, -0.15) is 5.10 Å². The maximum atomic E-state index is 11.7. The van der Waals surface area contributed by atoms with Gasteiger partial charge in [-0.3, -0.25) is 9.48 Å². The van der Waals surface area contributed by atoms with E-state index in [1.54, 1.807) is 19.2 Å². The number of aryl methyl sites for hydroxylation is 3. The number of carbonyl (C=O) groups is 2. The summed E-state index contributed by atoms with van der Waals surface area (Å²) in [7, 11) is 5.54. The zero-order valence-electron chi connectivity index (χ0n) is 24.0. The van der Waals surface area contributed by atoms with Crippen LogP contribution in [-0.4, -0.2) is 58.6 Å². The van der Waals surface area contributed by atoms with E-state index in [1.165, 1.54) is 0 Å². The van der Waals surface area contributed by atoms with Crippen LogP contribution in [0.4, 0.5) is 5.69 Å². The molecule has 4 aromatic rings. The summed E-state index contributed by atoms with van der Waals surface area (Å²) in [5, 5.41) is 22.0. The van der Waals surface area contributed by atoms with Crippen molar-refractivity contribution in [1.29, 1.82) is 0 Å². The number of nitrogens with one attached hydrogen (secondary N) is 2. The van der Waals surface area contributed by atoms with Crippen LogP contribution in [0.3, 0.4) is 0 Å². The van der Waals surface area contributed by atoms with Crippen LogP contribution in [0, 0.1) is 13.8 Å². The number of benzene rings is 2. The molecule has 0 saturated carbocycles. The number of rotatable bonds is 13. The van der Waals surface area contributed by atoms with Crippen LogP contribution >= 0.6 is 11.6 Å². The van der Waals surface area contributed by atoms with Gasteiger partial charge in [0.05, 0.1) is 22.0 Å². The molecule has 0 atom stereocenters. The summed E-state index contributed by atoms with van der Waals surface area (Å²) in [6.07, 6.45) is 6.30. The van der Waals surface area contributed by atoms with E-state index in [1.807, 2.05) is 61.6 Å². The molecule has 2 aromatic carbocycles. The number of fused-ring (bicyclic) bond motifs is 1. The third-order valence-corrected chi connectivity index (χ3v) is 7.62. The summed E-state index contributed by atoms with van der Waals surface area (Å²) in [4.78, 5) is 22.7. The monoisotopic (exact) mass is 577 g/mol. The minimum absolute atomic E-state index is 0.237. The number of aromatic carboxylic acids is 1. The van der Waals surface area contributed by atoms with Crippen molar-refractivity contribution in [3.05, 3.63) is 69.6 Å². The number of anilines is 1. The fourth-order valence-electron chi connectivity index (χ4n) is 5.28. The van der Waals surface area contributed by atoms with E-state index in [9.17, 15) is 14.7 Å². The average molecular weight is 578 g/mol.